The Hall–Kier alpha value is -1.94. The molecular weight excluding hydrogens is 252 g/mol. The van der Waals surface area contributed by atoms with Crippen molar-refractivity contribution in [1.82, 2.24) is 4.98 Å². The van der Waals surface area contributed by atoms with Crippen LogP contribution in [0.4, 0.5) is 5.69 Å². The molecule has 0 bridgehead atoms. The summed E-state index contributed by atoms with van der Waals surface area (Å²) in [6, 6.07) is 9.59. The van der Waals surface area contributed by atoms with Crippen LogP contribution in [-0.4, -0.2) is 11.8 Å². The Morgan fingerprint density at radius 2 is 2.11 bits per heavy atom. The van der Waals surface area contributed by atoms with Crippen molar-refractivity contribution in [3.05, 3.63) is 47.2 Å². The van der Waals surface area contributed by atoms with Crippen molar-refractivity contribution < 1.29 is 9.47 Å². The topological polar surface area (TPSA) is 43.4 Å². The number of hydrogen-bond acceptors (Lipinski definition) is 4. The fourth-order valence-corrected chi connectivity index (χ4v) is 1.95. The minimum Gasteiger partial charge on any atom is -0.454 e. The monoisotopic (exact) mass is 262 g/mol. The van der Waals surface area contributed by atoms with E-state index in [-0.39, 0.29) is 0 Å². The number of halogens is 1. The highest BCUT2D eigenvalue weighted by Crippen LogP contribution is 2.32. The number of fused-ring (bicyclic) bond motifs is 1. The number of nitrogens with one attached hydrogen (secondary N) is 1. The SMILES string of the molecule is Clc1ncccc1NCc1ccc2c(c1)OCO2. The minimum absolute atomic E-state index is 0.292. The lowest BCUT2D eigenvalue weighted by atomic mass is 10.2. The third kappa shape index (κ3) is 2.19. The highest BCUT2D eigenvalue weighted by atomic mass is 35.5. The maximum Gasteiger partial charge on any atom is 0.231 e. The number of hydrogen-bond donors (Lipinski definition) is 1. The molecule has 18 heavy (non-hydrogen) atoms. The first-order chi connectivity index (χ1) is 8.83. The summed E-state index contributed by atoms with van der Waals surface area (Å²) in [6.45, 7) is 0.947. The van der Waals surface area contributed by atoms with Crippen LogP contribution in [0, 0.1) is 0 Å². The van der Waals surface area contributed by atoms with Crippen molar-refractivity contribution in [2.45, 2.75) is 6.54 Å². The smallest absolute Gasteiger partial charge is 0.231 e. The second kappa shape index (κ2) is 4.74. The maximum atomic E-state index is 5.97. The second-order valence-electron chi connectivity index (χ2n) is 3.88. The lowest BCUT2D eigenvalue weighted by molar-refractivity contribution is 0.174. The molecule has 1 aliphatic heterocycles. The minimum atomic E-state index is 0.292. The average molecular weight is 263 g/mol. The van der Waals surface area contributed by atoms with E-state index in [1.165, 1.54) is 0 Å². The van der Waals surface area contributed by atoms with Gasteiger partial charge in [-0.15, -0.1) is 0 Å². The second-order valence-corrected chi connectivity index (χ2v) is 4.24. The molecule has 0 saturated carbocycles. The van der Waals surface area contributed by atoms with Crippen LogP contribution in [0.2, 0.25) is 5.15 Å². The third-order valence-electron chi connectivity index (χ3n) is 2.68. The van der Waals surface area contributed by atoms with Crippen molar-refractivity contribution in [3.63, 3.8) is 0 Å². The molecule has 0 aliphatic carbocycles. The maximum absolute atomic E-state index is 5.97. The van der Waals surface area contributed by atoms with E-state index in [2.05, 4.69) is 10.3 Å². The van der Waals surface area contributed by atoms with Crippen molar-refractivity contribution >= 4 is 17.3 Å². The fourth-order valence-electron chi connectivity index (χ4n) is 1.77. The fraction of sp³-hybridized carbons (Fsp3) is 0.154. The highest BCUT2D eigenvalue weighted by molar-refractivity contribution is 6.31. The lowest BCUT2D eigenvalue weighted by Gasteiger charge is -2.08. The van der Waals surface area contributed by atoms with Gasteiger partial charge in [-0.2, -0.15) is 0 Å². The van der Waals surface area contributed by atoms with Gasteiger partial charge in [0.1, 0.15) is 0 Å². The number of pyridine rings is 1. The average Bonchev–Trinajstić information content (AvgIpc) is 2.85. The Labute approximate surface area is 110 Å². The van der Waals surface area contributed by atoms with Crippen molar-refractivity contribution in [3.8, 4) is 11.5 Å². The molecule has 0 radical (unpaired) electrons. The molecule has 1 aromatic carbocycles. The summed E-state index contributed by atoms with van der Waals surface area (Å²) in [4.78, 5) is 4.01. The number of anilines is 1. The molecule has 1 aliphatic rings. The number of nitrogens with zero attached hydrogens (tertiary/aromatic N) is 1. The van der Waals surface area contributed by atoms with E-state index < -0.39 is 0 Å². The van der Waals surface area contributed by atoms with Gasteiger partial charge in [-0.05, 0) is 29.8 Å². The van der Waals surface area contributed by atoms with E-state index in [1.807, 2.05) is 30.3 Å². The molecule has 92 valence electrons. The molecule has 5 heteroatoms. The van der Waals surface area contributed by atoms with E-state index in [1.54, 1.807) is 6.20 Å². The number of ether oxygens (including phenoxy) is 2. The van der Waals surface area contributed by atoms with E-state index in [9.17, 15) is 0 Å². The Morgan fingerprint density at radius 3 is 3.00 bits per heavy atom. The first-order valence-corrected chi connectivity index (χ1v) is 5.93. The zero-order valence-electron chi connectivity index (χ0n) is 9.52. The highest BCUT2D eigenvalue weighted by Gasteiger charge is 2.13. The van der Waals surface area contributed by atoms with Crippen LogP contribution in [0.5, 0.6) is 11.5 Å². The molecule has 3 rings (SSSR count). The molecule has 0 unspecified atom stereocenters. The molecule has 0 spiro atoms. The van der Waals surface area contributed by atoms with E-state index in [0.29, 0.717) is 18.5 Å². The van der Waals surface area contributed by atoms with E-state index >= 15 is 0 Å². The summed E-state index contributed by atoms with van der Waals surface area (Å²) < 4.78 is 10.6. The lowest BCUT2D eigenvalue weighted by Crippen LogP contribution is -2.00. The van der Waals surface area contributed by atoms with Crippen LogP contribution in [-0.2, 0) is 6.54 Å². The van der Waals surface area contributed by atoms with Gasteiger partial charge in [-0.1, -0.05) is 17.7 Å². The van der Waals surface area contributed by atoms with Gasteiger partial charge in [0.15, 0.2) is 16.7 Å². The van der Waals surface area contributed by atoms with Crippen molar-refractivity contribution in [2.24, 2.45) is 0 Å². The van der Waals surface area contributed by atoms with Gasteiger partial charge in [0.2, 0.25) is 6.79 Å². The predicted octanol–water partition coefficient (Wildman–Crippen LogP) is 3.08. The largest absolute Gasteiger partial charge is 0.454 e. The summed E-state index contributed by atoms with van der Waals surface area (Å²) in [5.74, 6) is 1.57. The van der Waals surface area contributed by atoms with Gasteiger partial charge in [0, 0.05) is 12.7 Å². The molecule has 2 aromatic rings. The summed E-state index contributed by atoms with van der Waals surface area (Å²) in [6.07, 6.45) is 1.66. The Kier molecular flexibility index (Phi) is 2.94. The Balaban J connectivity index is 1.72. The standard InChI is InChI=1S/C13H11ClN2O2/c14-13-10(2-1-5-15-13)16-7-9-3-4-11-12(6-9)18-8-17-11/h1-6,16H,7-8H2. The number of rotatable bonds is 3. The van der Waals surface area contributed by atoms with Crippen molar-refractivity contribution in [1.29, 1.82) is 0 Å². The van der Waals surface area contributed by atoms with Gasteiger partial charge in [-0.3, -0.25) is 0 Å². The van der Waals surface area contributed by atoms with Gasteiger partial charge in [0.05, 0.1) is 5.69 Å². The summed E-state index contributed by atoms with van der Waals surface area (Å²) in [5, 5.41) is 3.70. The van der Waals surface area contributed by atoms with Crippen LogP contribution in [0.15, 0.2) is 36.5 Å². The van der Waals surface area contributed by atoms with Crippen LogP contribution in [0.1, 0.15) is 5.56 Å². The zero-order valence-corrected chi connectivity index (χ0v) is 10.3. The molecular formula is C13H11ClN2O2. The van der Waals surface area contributed by atoms with Crippen LogP contribution < -0.4 is 14.8 Å². The van der Waals surface area contributed by atoms with Gasteiger partial charge in [0.25, 0.3) is 0 Å². The van der Waals surface area contributed by atoms with Gasteiger partial charge in [-0.25, -0.2) is 4.98 Å². The van der Waals surface area contributed by atoms with Crippen LogP contribution in [0.25, 0.3) is 0 Å². The van der Waals surface area contributed by atoms with E-state index in [4.69, 9.17) is 21.1 Å². The zero-order chi connectivity index (χ0) is 12.4. The summed E-state index contributed by atoms with van der Waals surface area (Å²) >= 11 is 5.97. The quantitative estimate of drug-likeness (QED) is 0.864. The Bertz CT molecular complexity index is 575. The van der Waals surface area contributed by atoms with Gasteiger partial charge < -0.3 is 14.8 Å². The first-order valence-electron chi connectivity index (χ1n) is 5.56. The molecule has 1 N–H and O–H groups in total. The number of benzene rings is 1. The van der Waals surface area contributed by atoms with Crippen LogP contribution >= 0.6 is 11.6 Å². The van der Waals surface area contributed by atoms with Gasteiger partial charge >= 0.3 is 0 Å². The molecule has 0 atom stereocenters. The molecule has 0 saturated heterocycles. The van der Waals surface area contributed by atoms with Crippen LogP contribution in [0.3, 0.4) is 0 Å². The van der Waals surface area contributed by atoms with E-state index in [0.717, 1.165) is 22.7 Å². The number of aromatic nitrogens is 1. The molecule has 2 heterocycles. The molecule has 1 aromatic heterocycles. The predicted molar refractivity (Wildman–Crippen MR) is 69.1 cm³/mol. The third-order valence-corrected chi connectivity index (χ3v) is 2.98. The molecule has 0 fully saturated rings. The Morgan fingerprint density at radius 1 is 1.22 bits per heavy atom. The molecule has 0 amide bonds. The van der Waals surface area contributed by atoms with Crippen molar-refractivity contribution in [2.75, 3.05) is 12.1 Å². The first kappa shape index (κ1) is 11.2. The summed E-state index contributed by atoms with van der Waals surface area (Å²) in [7, 11) is 0. The normalized spacial score (nSPS) is 12.5. The molecule has 4 nitrogen and oxygen atoms in total. The summed E-state index contributed by atoms with van der Waals surface area (Å²) in [5.41, 5.74) is 1.91.